The zero-order chi connectivity index (χ0) is 17.0. The highest BCUT2D eigenvalue weighted by atomic mass is 19.4. The van der Waals surface area contributed by atoms with Gasteiger partial charge in [-0.05, 0) is 30.2 Å². The van der Waals surface area contributed by atoms with Gasteiger partial charge in [0.2, 0.25) is 0 Å². The Morgan fingerprint density at radius 1 is 1.13 bits per heavy atom. The number of carbonyl (C=O) groups is 1. The van der Waals surface area contributed by atoms with E-state index in [9.17, 15) is 27.5 Å². The van der Waals surface area contributed by atoms with Gasteiger partial charge >= 0.3 is 12.3 Å². The van der Waals surface area contributed by atoms with Gasteiger partial charge in [0, 0.05) is 5.56 Å². The number of hydrogen-bond donors (Lipinski definition) is 1. The van der Waals surface area contributed by atoms with Crippen LogP contribution in [0.1, 0.15) is 17.0 Å². The van der Waals surface area contributed by atoms with Crippen LogP contribution in [0.4, 0.5) is 17.6 Å². The van der Waals surface area contributed by atoms with Crippen LogP contribution in [0.5, 0.6) is 5.75 Å². The van der Waals surface area contributed by atoms with E-state index in [0.29, 0.717) is 5.56 Å². The molecule has 2 rings (SSSR count). The molecule has 0 aliphatic rings. The van der Waals surface area contributed by atoms with Gasteiger partial charge in [0.1, 0.15) is 11.6 Å². The number of hydrogen-bond acceptors (Lipinski definition) is 2. The lowest BCUT2D eigenvalue weighted by molar-refractivity contribution is -0.275. The molecule has 1 atom stereocenters. The van der Waals surface area contributed by atoms with E-state index < -0.39 is 29.8 Å². The summed E-state index contributed by atoms with van der Waals surface area (Å²) in [5.41, 5.74) is 0.237. The van der Waals surface area contributed by atoms with Crippen LogP contribution in [-0.2, 0) is 11.2 Å². The zero-order valence-electron chi connectivity index (χ0n) is 11.7. The smallest absolute Gasteiger partial charge is 0.481 e. The normalized spacial score (nSPS) is 12.7. The molecule has 0 radical (unpaired) electrons. The first kappa shape index (κ1) is 16.8. The van der Waals surface area contributed by atoms with Gasteiger partial charge in [-0.15, -0.1) is 13.2 Å². The summed E-state index contributed by atoms with van der Waals surface area (Å²) in [5, 5.41) is 9.35. The Kier molecular flexibility index (Phi) is 4.88. The molecule has 0 heterocycles. The van der Waals surface area contributed by atoms with Gasteiger partial charge in [0.05, 0.1) is 5.92 Å². The SMILES string of the molecule is O=C(O)C(Cc1cccc(F)c1)c1ccccc1OC(F)(F)F. The maximum atomic E-state index is 13.2. The second kappa shape index (κ2) is 6.68. The minimum atomic E-state index is -4.93. The second-order valence-electron chi connectivity index (χ2n) is 4.81. The number of halogens is 4. The number of aliphatic carboxylic acids is 1. The molecule has 0 fully saturated rings. The van der Waals surface area contributed by atoms with Crippen molar-refractivity contribution in [2.75, 3.05) is 0 Å². The van der Waals surface area contributed by atoms with E-state index in [1.165, 1.54) is 36.4 Å². The molecule has 0 saturated heterocycles. The maximum Gasteiger partial charge on any atom is 0.573 e. The van der Waals surface area contributed by atoms with Crippen molar-refractivity contribution in [1.82, 2.24) is 0 Å². The highest BCUT2D eigenvalue weighted by Gasteiger charge is 2.34. The van der Waals surface area contributed by atoms with Crippen LogP contribution in [0, 0.1) is 5.82 Å². The highest BCUT2D eigenvalue weighted by molar-refractivity contribution is 5.77. The van der Waals surface area contributed by atoms with Gasteiger partial charge in [0.25, 0.3) is 0 Å². The Hall–Kier alpha value is -2.57. The van der Waals surface area contributed by atoms with Crippen molar-refractivity contribution < 1.29 is 32.2 Å². The van der Waals surface area contributed by atoms with Crippen molar-refractivity contribution in [2.24, 2.45) is 0 Å². The highest BCUT2D eigenvalue weighted by Crippen LogP contribution is 2.33. The molecule has 0 aromatic heterocycles. The molecule has 0 amide bonds. The lowest BCUT2D eigenvalue weighted by Gasteiger charge is -2.18. The predicted molar refractivity (Wildman–Crippen MR) is 73.6 cm³/mol. The molecular formula is C16H12F4O3. The van der Waals surface area contributed by atoms with Crippen molar-refractivity contribution >= 4 is 5.97 Å². The Labute approximate surface area is 129 Å². The number of benzene rings is 2. The predicted octanol–water partition coefficient (Wildman–Crippen LogP) is 4.14. The van der Waals surface area contributed by atoms with E-state index in [1.54, 1.807) is 0 Å². The number of carboxylic acids is 1. The van der Waals surface area contributed by atoms with Gasteiger partial charge < -0.3 is 9.84 Å². The number of ether oxygens (including phenoxy) is 1. The van der Waals surface area contributed by atoms with E-state index in [0.717, 1.165) is 12.1 Å². The van der Waals surface area contributed by atoms with Crippen LogP contribution in [0.15, 0.2) is 48.5 Å². The lowest BCUT2D eigenvalue weighted by Crippen LogP contribution is -2.21. The van der Waals surface area contributed by atoms with Crippen molar-refractivity contribution in [2.45, 2.75) is 18.7 Å². The van der Waals surface area contributed by atoms with Gasteiger partial charge in [-0.1, -0.05) is 30.3 Å². The summed E-state index contributed by atoms with van der Waals surface area (Å²) in [5.74, 6) is -3.75. The van der Waals surface area contributed by atoms with Crippen molar-refractivity contribution in [3.63, 3.8) is 0 Å². The fraction of sp³-hybridized carbons (Fsp3) is 0.188. The quantitative estimate of drug-likeness (QED) is 0.839. The minimum Gasteiger partial charge on any atom is -0.481 e. The number of alkyl halides is 3. The van der Waals surface area contributed by atoms with Crippen LogP contribution in [-0.4, -0.2) is 17.4 Å². The van der Waals surface area contributed by atoms with E-state index in [2.05, 4.69) is 4.74 Å². The first-order chi connectivity index (χ1) is 10.8. The van der Waals surface area contributed by atoms with E-state index in [-0.39, 0.29) is 12.0 Å². The molecule has 1 unspecified atom stereocenters. The average molecular weight is 328 g/mol. The zero-order valence-corrected chi connectivity index (χ0v) is 11.7. The number of rotatable bonds is 5. The van der Waals surface area contributed by atoms with Gasteiger partial charge in [-0.25, -0.2) is 4.39 Å². The fourth-order valence-electron chi connectivity index (χ4n) is 2.22. The molecule has 23 heavy (non-hydrogen) atoms. The molecule has 0 spiro atoms. The standard InChI is InChI=1S/C16H12F4O3/c17-11-5-3-4-10(8-11)9-13(15(21)22)12-6-1-2-7-14(12)23-16(18,19)20/h1-8,13H,9H2,(H,21,22). The van der Waals surface area contributed by atoms with Crippen molar-refractivity contribution in [3.8, 4) is 5.75 Å². The molecule has 0 bridgehead atoms. The molecule has 7 heteroatoms. The first-order valence-corrected chi connectivity index (χ1v) is 6.58. The molecule has 2 aromatic carbocycles. The topological polar surface area (TPSA) is 46.5 Å². The maximum absolute atomic E-state index is 13.2. The van der Waals surface area contributed by atoms with Crippen LogP contribution in [0.2, 0.25) is 0 Å². The van der Waals surface area contributed by atoms with Crippen molar-refractivity contribution in [1.29, 1.82) is 0 Å². The largest absolute Gasteiger partial charge is 0.573 e. The van der Waals surface area contributed by atoms with Gasteiger partial charge in [0.15, 0.2) is 0 Å². The van der Waals surface area contributed by atoms with E-state index in [4.69, 9.17) is 0 Å². The number of para-hydroxylation sites is 1. The Balaban J connectivity index is 2.37. The molecule has 0 aliphatic heterocycles. The molecule has 0 aliphatic carbocycles. The molecule has 2 aromatic rings. The van der Waals surface area contributed by atoms with Gasteiger partial charge in [-0.2, -0.15) is 0 Å². The average Bonchev–Trinajstić information content (AvgIpc) is 2.44. The fourth-order valence-corrected chi connectivity index (χ4v) is 2.22. The molecule has 122 valence electrons. The van der Waals surface area contributed by atoms with E-state index in [1.807, 2.05) is 0 Å². The Morgan fingerprint density at radius 2 is 1.83 bits per heavy atom. The first-order valence-electron chi connectivity index (χ1n) is 6.58. The van der Waals surface area contributed by atoms with Crippen LogP contribution < -0.4 is 4.74 Å². The third-order valence-corrected chi connectivity index (χ3v) is 3.15. The van der Waals surface area contributed by atoms with Crippen LogP contribution in [0.25, 0.3) is 0 Å². The lowest BCUT2D eigenvalue weighted by atomic mass is 9.91. The Bertz CT molecular complexity index is 698. The van der Waals surface area contributed by atoms with Gasteiger partial charge in [-0.3, -0.25) is 4.79 Å². The summed E-state index contributed by atoms with van der Waals surface area (Å²) >= 11 is 0. The molecule has 1 N–H and O–H groups in total. The monoisotopic (exact) mass is 328 g/mol. The summed E-state index contributed by atoms with van der Waals surface area (Å²) in [7, 11) is 0. The summed E-state index contributed by atoms with van der Waals surface area (Å²) in [6.45, 7) is 0. The molecule has 0 saturated carbocycles. The summed E-state index contributed by atoms with van der Waals surface area (Å²) < 4.78 is 54.4. The van der Waals surface area contributed by atoms with Crippen LogP contribution in [0.3, 0.4) is 0 Å². The minimum absolute atomic E-state index is 0.124. The van der Waals surface area contributed by atoms with Crippen LogP contribution >= 0.6 is 0 Å². The third-order valence-electron chi connectivity index (χ3n) is 3.15. The number of carboxylic acid groups (broad SMARTS) is 1. The summed E-state index contributed by atoms with van der Waals surface area (Å²) in [6.07, 6.45) is -5.09. The molecule has 3 nitrogen and oxygen atoms in total. The third kappa shape index (κ3) is 4.70. The summed E-state index contributed by atoms with van der Waals surface area (Å²) in [4.78, 5) is 11.5. The molecular weight excluding hydrogens is 316 g/mol. The Morgan fingerprint density at radius 3 is 2.43 bits per heavy atom. The van der Waals surface area contributed by atoms with Crippen molar-refractivity contribution in [3.05, 3.63) is 65.5 Å². The van der Waals surface area contributed by atoms with E-state index >= 15 is 0 Å². The second-order valence-corrected chi connectivity index (χ2v) is 4.81. The summed E-state index contributed by atoms with van der Waals surface area (Å²) in [6, 6.07) is 10.3.